The Kier molecular flexibility index (Phi) is 2.78. The molecule has 6 heteroatoms. The minimum atomic E-state index is -0.302. The number of anilines is 1. The number of aromatic nitrogens is 3. The van der Waals surface area contributed by atoms with Gasteiger partial charge in [0.05, 0.1) is 12.1 Å². The molecule has 0 saturated carbocycles. The lowest BCUT2D eigenvalue weighted by Gasteiger charge is -2.05. The third-order valence-electron chi connectivity index (χ3n) is 3.18. The fourth-order valence-corrected chi connectivity index (χ4v) is 2.23. The van der Waals surface area contributed by atoms with Crippen LogP contribution in [0.2, 0.25) is 0 Å². The Balaban J connectivity index is 2.13. The van der Waals surface area contributed by atoms with Crippen molar-refractivity contribution in [2.75, 3.05) is 5.73 Å². The normalized spacial score (nSPS) is 11.1. The number of hydrogen-bond donors (Lipinski definition) is 2. The molecule has 0 aliphatic carbocycles. The molecule has 0 aliphatic rings. The van der Waals surface area contributed by atoms with Crippen LogP contribution in [0.25, 0.3) is 11.0 Å². The molecule has 0 amide bonds. The van der Waals surface area contributed by atoms with Gasteiger partial charge in [0.25, 0.3) is 0 Å². The monoisotopic (exact) mass is 272 g/mol. The number of halogens is 1. The lowest BCUT2D eigenvalue weighted by atomic mass is 10.2. The highest BCUT2D eigenvalue weighted by atomic mass is 19.1. The Labute approximate surface area is 113 Å². The number of aryl methyl sites for hydroxylation is 1. The first-order valence-corrected chi connectivity index (χ1v) is 6.14. The van der Waals surface area contributed by atoms with Gasteiger partial charge in [-0.25, -0.2) is 14.2 Å². The minimum Gasteiger partial charge on any atom is -0.382 e. The van der Waals surface area contributed by atoms with Gasteiger partial charge >= 0.3 is 5.69 Å². The summed E-state index contributed by atoms with van der Waals surface area (Å²) in [5, 5.41) is 0. The number of nitrogens with two attached hydrogens (primary N) is 1. The highest BCUT2D eigenvalue weighted by molar-refractivity contribution is 5.85. The number of imidazole rings is 1. The smallest absolute Gasteiger partial charge is 0.326 e. The van der Waals surface area contributed by atoms with Crippen molar-refractivity contribution < 1.29 is 4.39 Å². The van der Waals surface area contributed by atoms with Crippen molar-refractivity contribution in [3.63, 3.8) is 0 Å². The molecule has 102 valence electrons. The molecule has 1 aromatic carbocycles. The molecule has 3 N–H and O–H groups in total. The summed E-state index contributed by atoms with van der Waals surface area (Å²) < 4.78 is 14.5. The van der Waals surface area contributed by atoms with E-state index in [-0.39, 0.29) is 11.5 Å². The van der Waals surface area contributed by atoms with Gasteiger partial charge in [0.2, 0.25) is 0 Å². The number of rotatable bonds is 2. The van der Waals surface area contributed by atoms with E-state index >= 15 is 0 Å². The minimum absolute atomic E-state index is 0.261. The summed E-state index contributed by atoms with van der Waals surface area (Å²) >= 11 is 0. The Morgan fingerprint density at radius 2 is 2.05 bits per heavy atom. The third kappa shape index (κ3) is 2.05. The van der Waals surface area contributed by atoms with Gasteiger partial charge in [0.15, 0.2) is 0 Å². The zero-order valence-corrected chi connectivity index (χ0v) is 10.9. The average molecular weight is 272 g/mol. The second-order valence-corrected chi connectivity index (χ2v) is 4.69. The number of pyridine rings is 1. The first-order chi connectivity index (χ1) is 9.54. The molecule has 2 heterocycles. The maximum absolute atomic E-state index is 12.9. The van der Waals surface area contributed by atoms with E-state index in [1.54, 1.807) is 22.8 Å². The van der Waals surface area contributed by atoms with Crippen molar-refractivity contribution in [3.05, 3.63) is 57.9 Å². The van der Waals surface area contributed by atoms with E-state index in [0.29, 0.717) is 23.4 Å². The number of nitrogens with one attached hydrogen (secondary N) is 1. The summed E-state index contributed by atoms with van der Waals surface area (Å²) in [6, 6.07) is 7.84. The van der Waals surface area contributed by atoms with E-state index < -0.39 is 0 Å². The Hall–Kier alpha value is -2.63. The average Bonchev–Trinajstić information content (AvgIpc) is 2.70. The molecule has 20 heavy (non-hydrogen) atoms. The van der Waals surface area contributed by atoms with E-state index in [2.05, 4.69) is 9.97 Å². The van der Waals surface area contributed by atoms with Gasteiger partial charge in [-0.05, 0) is 30.7 Å². The van der Waals surface area contributed by atoms with Crippen LogP contribution in [-0.4, -0.2) is 14.5 Å². The molecule has 0 aliphatic heterocycles. The van der Waals surface area contributed by atoms with Gasteiger partial charge in [-0.15, -0.1) is 0 Å². The largest absolute Gasteiger partial charge is 0.382 e. The molecule has 3 rings (SSSR count). The highest BCUT2D eigenvalue weighted by Crippen LogP contribution is 2.18. The summed E-state index contributed by atoms with van der Waals surface area (Å²) in [6.07, 6.45) is 0. The van der Waals surface area contributed by atoms with Crippen LogP contribution in [0.15, 0.2) is 35.1 Å². The molecular weight excluding hydrogens is 259 g/mol. The fraction of sp³-hybridized carbons (Fsp3) is 0.143. The second-order valence-electron chi connectivity index (χ2n) is 4.69. The van der Waals surface area contributed by atoms with E-state index in [1.807, 2.05) is 6.92 Å². The Bertz CT molecular complexity index is 833. The van der Waals surface area contributed by atoms with Crippen LogP contribution < -0.4 is 11.4 Å². The van der Waals surface area contributed by atoms with Gasteiger partial charge < -0.3 is 10.7 Å². The number of benzene rings is 1. The molecule has 0 fully saturated rings. The molecule has 3 aromatic rings. The highest BCUT2D eigenvalue weighted by Gasteiger charge is 2.11. The standard InChI is InChI=1S/C14H13FN4O/c1-8-6-11-12(13(16)17-8)18-14(20)19(11)7-9-2-4-10(15)5-3-9/h2-6H,7H2,1H3,(H2,16,17)(H,18,20). The van der Waals surface area contributed by atoms with E-state index in [4.69, 9.17) is 5.73 Å². The number of fused-ring (bicyclic) bond motifs is 1. The molecule has 0 saturated heterocycles. The molecule has 0 radical (unpaired) electrons. The van der Waals surface area contributed by atoms with Crippen molar-refractivity contribution in [1.29, 1.82) is 0 Å². The van der Waals surface area contributed by atoms with Gasteiger partial charge in [0.1, 0.15) is 17.2 Å². The first-order valence-electron chi connectivity index (χ1n) is 6.14. The predicted octanol–water partition coefficient (Wildman–Crippen LogP) is 1.80. The SMILES string of the molecule is Cc1cc2c([nH]c(=O)n2Cc2ccc(F)cc2)c(N)n1. The molecule has 5 nitrogen and oxygen atoms in total. The molecule has 2 aromatic heterocycles. The number of nitrogens with zero attached hydrogens (tertiary/aromatic N) is 2. The van der Waals surface area contributed by atoms with Gasteiger partial charge in [-0.3, -0.25) is 4.57 Å². The van der Waals surface area contributed by atoms with E-state index in [9.17, 15) is 9.18 Å². The summed E-state index contributed by atoms with van der Waals surface area (Å²) in [4.78, 5) is 18.8. The van der Waals surface area contributed by atoms with Crippen LogP contribution in [0, 0.1) is 12.7 Å². The van der Waals surface area contributed by atoms with Crippen molar-refractivity contribution in [2.45, 2.75) is 13.5 Å². The number of hydrogen-bond acceptors (Lipinski definition) is 3. The van der Waals surface area contributed by atoms with Crippen molar-refractivity contribution in [1.82, 2.24) is 14.5 Å². The molecule has 0 unspecified atom stereocenters. The molecule has 0 spiro atoms. The van der Waals surface area contributed by atoms with Crippen LogP contribution in [-0.2, 0) is 6.54 Å². The number of H-pyrrole nitrogens is 1. The summed E-state index contributed by atoms with van der Waals surface area (Å²) in [7, 11) is 0. The number of aromatic amines is 1. The zero-order valence-electron chi connectivity index (χ0n) is 10.9. The van der Waals surface area contributed by atoms with Crippen LogP contribution in [0.1, 0.15) is 11.3 Å². The molecule has 0 atom stereocenters. The molecular formula is C14H13FN4O. The molecule has 0 bridgehead atoms. The Morgan fingerprint density at radius 1 is 1.35 bits per heavy atom. The lowest BCUT2D eigenvalue weighted by molar-refractivity contribution is 0.626. The van der Waals surface area contributed by atoms with Gasteiger partial charge in [-0.1, -0.05) is 12.1 Å². The van der Waals surface area contributed by atoms with E-state index in [0.717, 1.165) is 11.3 Å². The van der Waals surface area contributed by atoms with Crippen LogP contribution in [0.4, 0.5) is 10.2 Å². The maximum atomic E-state index is 12.9. The summed E-state index contributed by atoms with van der Waals surface area (Å²) in [6.45, 7) is 2.16. The lowest BCUT2D eigenvalue weighted by Crippen LogP contribution is -2.17. The van der Waals surface area contributed by atoms with Crippen molar-refractivity contribution in [3.8, 4) is 0 Å². The summed E-state index contributed by atoms with van der Waals surface area (Å²) in [5.41, 5.74) is 8.35. The number of nitrogen functional groups attached to an aromatic ring is 1. The quantitative estimate of drug-likeness (QED) is 0.746. The maximum Gasteiger partial charge on any atom is 0.326 e. The van der Waals surface area contributed by atoms with Crippen molar-refractivity contribution >= 4 is 16.9 Å². The Morgan fingerprint density at radius 3 is 2.75 bits per heavy atom. The van der Waals surface area contributed by atoms with Crippen molar-refractivity contribution in [2.24, 2.45) is 0 Å². The van der Waals surface area contributed by atoms with Gasteiger partial charge in [-0.2, -0.15) is 0 Å². The fourth-order valence-electron chi connectivity index (χ4n) is 2.23. The van der Waals surface area contributed by atoms with Gasteiger partial charge in [0, 0.05) is 5.69 Å². The predicted molar refractivity (Wildman–Crippen MR) is 75.0 cm³/mol. The van der Waals surface area contributed by atoms with E-state index in [1.165, 1.54) is 12.1 Å². The van der Waals surface area contributed by atoms with Crippen LogP contribution in [0.3, 0.4) is 0 Å². The van der Waals surface area contributed by atoms with Crippen LogP contribution in [0.5, 0.6) is 0 Å². The first kappa shape index (κ1) is 12.4. The van der Waals surface area contributed by atoms with Crippen LogP contribution >= 0.6 is 0 Å². The third-order valence-corrected chi connectivity index (χ3v) is 3.18. The zero-order chi connectivity index (χ0) is 14.3. The summed E-state index contributed by atoms with van der Waals surface area (Å²) in [5.74, 6) is -0.000677. The second kappa shape index (κ2) is 4.48. The topological polar surface area (TPSA) is 76.7 Å².